The second-order valence-electron chi connectivity index (χ2n) is 4.53. The van der Waals surface area contributed by atoms with Gasteiger partial charge in [0.05, 0.1) is 0 Å². The Morgan fingerprint density at radius 3 is 2.93 bits per heavy atom. The summed E-state index contributed by atoms with van der Waals surface area (Å²) in [7, 11) is 0. The molecule has 0 N–H and O–H groups in total. The van der Waals surface area contributed by atoms with Crippen LogP contribution in [0.5, 0.6) is 0 Å². The van der Waals surface area contributed by atoms with Crippen molar-refractivity contribution in [1.82, 2.24) is 0 Å². The van der Waals surface area contributed by atoms with E-state index in [1.807, 2.05) is 6.92 Å². The normalized spacial score (nSPS) is 34.6. The molecular weight excluding hydrogens is 176 g/mol. The summed E-state index contributed by atoms with van der Waals surface area (Å²) < 4.78 is 5.38. The van der Waals surface area contributed by atoms with Gasteiger partial charge in [0.25, 0.3) is 0 Å². The van der Waals surface area contributed by atoms with Crippen LogP contribution in [0.4, 0.5) is 0 Å². The van der Waals surface area contributed by atoms with Gasteiger partial charge in [0.1, 0.15) is 5.60 Å². The monoisotopic (exact) mass is 194 g/mol. The Hall–Kier alpha value is -0.790. The van der Waals surface area contributed by atoms with Gasteiger partial charge in [-0.05, 0) is 25.3 Å². The van der Waals surface area contributed by atoms with E-state index < -0.39 is 0 Å². The van der Waals surface area contributed by atoms with Gasteiger partial charge in [-0.15, -0.1) is 0 Å². The minimum Gasteiger partial charge on any atom is -0.451 e. The fraction of sp³-hybridized carbons (Fsp3) is 0.750. The Balaban J connectivity index is 1.85. The van der Waals surface area contributed by atoms with E-state index >= 15 is 0 Å². The predicted octanol–water partition coefficient (Wildman–Crippen LogP) is 2.83. The van der Waals surface area contributed by atoms with Gasteiger partial charge < -0.3 is 4.74 Å². The third-order valence-electron chi connectivity index (χ3n) is 3.49. The maximum absolute atomic E-state index is 11.1. The number of unbranched alkanes of at least 4 members (excludes halogenated alkanes) is 2. The zero-order valence-electron chi connectivity index (χ0n) is 9.01. The van der Waals surface area contributed by atoms with Crippen molar-refractivity contribution in [1.29, 1.82) is 0 Å². The highest BCUT2D eigenvalue weighted by Gasteiger charge is 2.60. The van der Waals surface area contributed by atoms with E-state index in [2.05, 4.69) is 6.92 Å². The van der Waals surface area contributed by atoms with Crippen molar-refractivity contribution < 1.29 is 9.53 Å². The van der Waals surface area contributed by atoms with Crippen LogP contribution < -0.4 is 0 Å². The Labute approximate surface area is 85.3 Å². The predicted molar refractivity (Wildman–Crippen MR) is 54.8 cm³/mol. The Morgan fingerprint density at radius 2 is 2.36 bits per heavy atom. The summed E-state index contributed by atoms with van der Waals surface area (Å²) in [5.74, 6) is 0.470. The maximum Gasteiger partial charge on any atom is 0.331 e. The second kappa shape index (κ2) is 3.41. The average Bonchev–Trinajstić information content (AvgIpc) is 2.72. The van der Waals surface area contributed by atoms with Crippen molar-refractivity contribution in [3.63, 3.8) is 0 Å². The van der Waals surface area contributed by atoms with E-state index in [1.165, 1.54) is 25.7 Å². The van der Waals surface area contributed by atoms with Crippen LogP contribution in [-0.4, -0.2) is 11.6 Å². The van der Waals surface area contributed by atoms with Gasteiger partial charge in [-0.25, -0.2) is 4.79 Å². The Bertz CT molecular complexity index is 280. The van der Waals surface area contributed by atoms with E-state index in [-0.39, 0.29) is 11.6 Å². The minimum absolute atomic E-state index is 0.138. The van der Waals surface area contributed by atoms with Crippen LogP contribution in [-0.2, 0) is 9.53 Å². The molecule has 0 aromatic rings. The van der Waals surface area contributed by atoms with Gasteiger partial charge in [0.15, 0.2) is 0 Å². The van der Waals surface area contributed by atoms with Gasteiger partial charge in [-0.1, -0.05) is 26.2 Å². The van der Waals surface area contributed by atoms with E-state index in [9.17, 15) is 4.79 Å². The van der Waals surface area contributed by atoms with Crippen molar-refractivity contribution in [3.05, 3.63) is 11.6 Å². The summed E-state index contributed by atoms with van der Waals surface area (Å²) in [5, 5.41) is 0. The Morgan fingerprint density at radius 1 is 1.57 bits per heavy atom. The fourth-order valence-corrected chi connectivity index (χ4v) is 2.48. The first-order chi connectivity index (χ1) is 6.69. The van der Waals surface area contributed by atoms with E-state index in [4.69, 9.17) is 4.74 Å². The molecule has 2 nitrogen and oxygen atoms in total. The van der Waals surface area contributed by atoms with Crippen molar-refractivity contribution >= 4 is 5.97 Å². The second-order valence-corrected chi connectivity index (χ2v) is 4.53. The average molecular weight is 194 g/mol. The molecule has 2 rings (SSSR count). The van der Waals surface area contributed by atoms with Crippen molar-refractivity contribution in [2.45, 2.75) is 51.6 Å². The first-order valence-electron chi connectivity index (χ1n) is 5.61. The topological polar surface area (TPSA) is 26.3 Å². The van der Waals surface area contributed by atoms with Crippen LogP contribution in [0.25, 0.3) is 0 Å². The number of ether oxygens (including phenoxy) is 1. The molecule has 0 radical (unpaired) electrons. The molecule has 1 heterocycles. The zero-order valence-corrected chi connectivity index (χ0v) is 9.01. The molecule has 1 aliphatic heterocycles. The van der Waals surface area contributed by atoms with E-state index in [1.54, 1.807) is 6.08 Å². The summed E-state index contributed by atoms with van der Waals surface area (Å²) in [6.07, 6.45) is 7.75. The summed E-state index contributed by atoms with van der Waals surface area (Å²) >= 11 is 0. The molecule has 1 fully saturated rings. The third kappa shape index (κ3) is 1.47. The number of esters is 1. The molecule has 2 heteroatoms. The molecule has 0 saturated heterocycles. The molecule has 1 saturated carbocycles. The fourth-order valence-electron chi connectivity index (χ4n) is 2.48. The van der Waals surface area contributed by atoms with E-state index in [0.29, 0.717) is 5.92 Å². The Kier molecular flexibility index (Phi) is 2.38. The van der Waals surface area contributed by atoms with Crippen LogP contribution in [0.2, 0.25) is 0 Å². The highest BCUT2D eigenvalue weighted by molar-refractivity contribution is 5.87. The molecule has 1 aliphatic carbocycles. The van der Waals surface area contributed by atoms with Crippen LogP contribution >= 0.6 is 0 Å². The molecule has 0 amide bonds. The standard InChI is InChI=1S/C12H18O2/c1-3-4-5-6-10-8-12(10)9(2)7-11(13)14-12/h7,10H,3-6,8H2,1-2H3/t10-,12-/m0/s1. The molecule has 1 spiro atoms. The molecule has 0 unspecified atom stereocenters. The van der Waals surface area contributed by atoms with Crippen molar-refractivity contribution in [2.24, 2.45) is 5.92 Å². The highest BCUT2D eigenvalue weighted by atomic mass is 16.6. The van der Waals surface area contributed by atoms with Crippen LogP contribution in [0.1, 0.15) is 46.0 Å². The first kappa shape index (κ1) is 9.75. The minimum atomic E-state index is -0.148. The van der Waals surface area contributed by atoms with Gasteiger partial charge in [-0.2, -0.15) is 0 Å². The number of rotatable bonds is 4. The first-order valence-corrected chi connectivity index (χ1v) is 5.61. The van der Waals surface area contributed by atoms with Gasteiger partial charge in [-0.3, -0.25) is 0 Å². The molecule has 2 atom stereocenters. The number of hydrogen-bond acceptors (Lipinski definition) is 2. The highest BCUT2D eigenvalue weighted by Crippen LogP contribution is 2.56. The number of hydrogen-bond donors (Lipinski definition) is 0. The molecular formula is C12H18O2. The third-order valence-corrected chi connectivity index (χ3v) is 3.49. The lowest BCUT2D eigenvalue weighted by Crippen LogP contribution is -2.15. The lowest BCUT2D eigenvalue weighted by molar-refractivity contribution is -0.140. The molecule has 0 aromatic heterocycles. The molecule has 0 aromatic carbocycles. The lowest BCUT2D eigenvalue weighted by Gasteiger charge is -2.11. The number of carbonyl (C=O) groups is 1. The summed E-state index contributed by atoms with van der Waals surface area (Å²) in [4.78, 5) is 11.1. The molecule has 14 heavy (non-hydrogen) atoms. The van der Waals surface area contributed by atoms with Crippen LogP contribution in [0.3, 0.4) is 0 Å². The molecule has 0 bridgehead atoms. The summed E-state index contributed by atoms with van der Waals surface area (Å²) in [5.41, 5.74) is 0.995. The van der Waals surface area contributed by atoms with E-state index in [0.717, 1.165) is 12.0 Å². The lowest BCUT2D eigenvalue weighted by atomic mass is 10.0. The summed E-state index contributed by atoms with van der Waals surface area (Å²) in [6.45, 7) is 4.23. The zero-order chi connectivity index (χ0) is 10.2. The van der Waals surface area contributed by atoms with Gasteiger partial charge in [0.2, 0.25) is 0 Å². The van der Waals surface area contributed by atoms with Gasteiger partial charge in [0, 0.05) is 12.0 Å². The van der Waals surface area contributed by atoms with Crippen LogP contribution in [0, 0.1) is 5.92 Å². The SMILES string of the molecule is CCCCC[C@H]1C[C@@]12OC(=O)C=C2C. The summed E-state index contributed by atoms with van der Waals surface area (Å²) in [6, 6.07) is 0. The maximum atomic E-state index is 11.1. The quantitative estimate of drug-likeness (QED) is 0.508. The molecule has 78 valence electrons. The van der Waals surface area contributed by atoms with Crippen LogP contribution in [0.15, 0.2) is 11.6 Å². The number of carbonyl (C=O) groups excluding carboxylic acids is 1. The molecule has 2 aliphatic rings. The van der Waals surface area contributed by atoms with Crippen molar-refractivity contribution in [3.8, 4) is 0 Å². The van der Waals surface area contributed by atoms with Gasteiger partial charge >= 0.3 is 5.97 Å². The largest absolute Gasteiger partial charge is 0.451 e. The van der Waals surface area contributed by atoms with Crippen molar-refractivity contribution in [2.75, 3.05) is 0 Å². The smallest absolute Gasteiger partial charge is 0.331 e.